The SMILES string of the molecule is CCC/C(=N\c1c(/C=C/C(=O)c2cccs2)c2ccccc2n1Cc1ccccc1)N1CCOCC1. The van der Waals surface area contributed by atoms with E-state index in [9.17, 15) is 4.79 Å². The van der Waals surface area contributed by atoms with Crippen LogP contribution in [-0.2, 0) is 11.3 Å². The Morgan fingerprint density at radius 1 is 1.03 bits per heavy atom. The smallest absolute Gasteiger partial charge is 0.195 e. The Morgan fingerprint density at radius 2 is 1.81 bits per heavy atom. The van der Waals surface area contributed by atoms with Crippen LogP contribution in [0.5, 0.6) is 0 Å². The van der Waals surface area contributed by atoms with Crippen LogP contribution in [0.1, 0.15) is 40.6 Å². The summed E-state index contributed by atoms with van der Waals surface area (Å²) >= 11 is 1.46. The molecule has 2 aromatic carbocycles. The van der Waals surface area contributed by atoms with Gasteiger partial charge in [-0.15, -0.1) is 11.3 Å². The maximum absolute atomic E-state index is 12.9. The van der Waals surface area contributed by atoms with E-state index in [1.807, 2.05) is 29.7 Å². The fourth-order valence-corrected chi connectivity index (χ4v) is 5.28. The van der Waals surface area contributed by atoms with Crippen LogP contribution in [0, 0.1) is 0 Å². The number of thiophene rings is 1. The zero-order chi connectivity index (χ0) is 24.7. The number of hydrogen-bond donors (Lipinski definition) is 0. The van der Waals surface area contributed by atoms with E-state index in [1.54, 1.807) is 6.08 Å². The van der Waals surface area contributed by atoms with Crippen molar-refractivity contribution in [3.05, 3.63) is 94.2 Å². The van der Waals surface area contributed by atoms with Gasteiger partial charge in [0.2, 0.25) is 0 Å². The lowest BCUT2D eigenvalue weighted by molar-refractivity contribution is 0.0672. The maximum Gasteiger partial charge on any atom is 0.195 e. The summed E-state index contributed by atoms with van der Waals surface area (Å²) < 4.78 is 7.89. The van der Waals surface area contributed by atoms with Crippen molar-refractivity contribution in [2.45, 2.75) is 26.3 Å². The van der Waals surface area contributed by atoms with E-state index in [0.717, 1.165) is 72.1 Å². The highest BCUT2D eigenvalue weighted by molar-refractivity contribution is 7.12. The molecule has 0 atom stereocenters. The number of benzene rings is 2. The van der Waals surface area contributed by atoms with E-state index in [0.29, 0.717) is 6.54 Å². The van der Waals surface area contributed by atoms with Crippen molar-refractivity contribution >= 4 is 45.8 Å². The molecule has 0 bridgehead atoms. The van der Waals surface area contributed by atoms with Gasteiger partial charge < -0.3 is 14.2 Å². The van der Waals surface area contributed by atoms with E-state index in [-0.39, 0.29) is 5.78 Å². The summed E-state index contributed by atoms with van der Waals surface area (Å²) in [6.07, 6.45) is 5.54. The number of carbonyl (C=O) groups is 1. The minimum Gasteiger partial charge on any atom is -0.378 e. The van der Waals surface area contributed by atoms with Crippen molar-refractivity contribution in [1.82, 2.24) is 9.47 Å². The molecule has 0 spiro atoms. The molecule has 36 heavy (non-hydrogen) atoms. The Kier molecular flexibility index (Phi) is 7.74. The molecule has 1 aliphatic rings. The van der Waals surface area contributed by atoms with Gasteiger partial charge in [0.05, 0.1) is 23.6 Å². The van der Waals surface area contributed by atoms with Crippen LogP contribution in [0.25, 0.3) is 17.0 Å². The summed E-state index contributed by atoms with van der Waals surface area (Å²) in [6.45, 7) is 6.03. The number of allylic oxidation sites excluding steroid dienone is 1. The largest absolute Gasteiger partial charge is 0.378 e. The number of amidine groups is 1. The number of fused-ring (bicyclic) bond motifs is 1. The number of aromatic nitrogens is 1. The normalized spacial score (nSPS) is 14.7. The standard InChI is InChI=1S/C30H31N3O2S/c1-2-9-29(32-17-19-35-20-18-32)31-30-25(15-16-27(34)28-14-8-21-36-28)24-12-6-7-13-26(24)33(30)22-23-10-4-3-5-11-23/h3-8,10-16,21H,2,9,17-20,22H2,1H3/b16-15+,31-29+. The zero-order valence-corrected chi connectivity index (χ0v) is 21.4. The highest BCUT2D eigenvalue weighted by Crippen LogP contribution is 2.35. The third kappa shape index (κ3) is 5.35. The van der Waals surface area contributed by atoms with E-state index in [1.165, 1.54) is 16.9 Å². The highest BCUT2D eigenvalue weighted by atomic mass is 32.1. The number of para-hydroxylation sites is 1. The van der Waals surface area contributed by atoms with Crippen LogP contribution in [0.4, 0.5) is 5.82 Å². The van der Waals surface area contributed by atoms with Gasteiger partial charge >= 0.3 is 0 Å². The lowest BCUT2D eigenvalue weighted by Crippen LogP contribution is -2.40. The molecular formula is C30H31N3O2S. The summed E-state index contributed by atoms with van der Waals surface area (Å²) in [4.78, 5) is 21.3. The van der Waals surface area contributed by atoms with Gasteiger partial charge in [-0.25, -0.2) is 4.99 Å². The quantitative estimate of drug-likeness (QED) is 0.116. The Morgan fingerprint density at radius 3 is 2.56 bits per heavy atom. The number of rotatable bonds is 8. The van der Waals surface area contributed by atoms with Crippen molar-refractivity contribution in [2.75, 3.05) is 26.3 Å². The number of carbonyl (C=O) groups excluding carboxylic acids is 1. The molecule has 0 amide bonds. The molecule has 2 aromatic heterocycles. The van der Waals surface area contributed by atoms with E-state index < -0.39 is 0 Å². The molecule has 6 heteroatoms. The molecule has 0 saturated carbocycles. The van der Waals surface area contributed by atoms with Gasteiger partial charge in [-0.1, -0.05) is 61.5 Å². The Labute approximate surface area is 216 Å². The fraction of sp³-hybridized carbons (Fsp3) is 0.267. The molecule has 184 valence electrons. The number of hydrogen-bond acceptors (Lipinski definition) is 4. The number of ketones is 1. The average Bonchev–Trinajstić information content (AvgIpc) is 3.56. The van der Waals surface area contributed by atoms with Crippen LogP contribution < -0.4 is 0 Å². The molecule has 4 aromatic rings. The second-order valence-corrected chi connectivity index (χ2v) is 9.83. The summed E-state index contributed by atoms with van der Waals surface area (Å²) in [5.41, 5.74) is 3.30. The molecule has 5 rings (SSSR count). The van der Waals surface area contributed by atoms with Gasteiger partial charge in [-0.05, 0) is 41.6 Å². The van der Waals surface area contributed by atoms with Gasteiger partial charge in [0.25, 0.3) is 0 Å². The topological polar surface area (TPSA) is 46.8 Å². The first-order chi connectivity index (χ1) is 17.7. The molecule has 0 unspecified atom stereocenters. The molecule has 0 radical (unpaired) electrons. The minimum absolute atomic E-state index is 0.0155. The Bertz CT molecular complexity index is 1360. The van der Waals surface area contributed by atoms with Gasteiger partial charge in [0.1, 0.15) is 11.7 Å². The summed E-state index contributed by atoms with van der Waals surface area (Å²) in [5, 5.41) is 3.03. The highest BCUT2D eigenvalue weighted by Gasteiger charge is 2.20. The van der Waals surface area contributed by atoms with Crippen LogP contribution in [0.2, 0.25) is 0 Å². The van der Waals surface area contributed by atoms with Crippen molar-refractivity contribution in [3.8, 4) is 0 Å². The molecule has 3 heterocycles. The first kappa shape index (κ1) is 24.2. The summed E-state index contributed by atoms with van der Waals surface area (Å²) in [5.74, 6) is 1.99. The summed E-state index contributed by atoms with van der Waals surface area (Å²) in [6, 6.07) is 22.6. The Balaban J connectivity index is 1.67. The van der Waals surface area contributed by atoms with Crippen molar-refractivity contribution in [3.63, 3.8) is 0 Å². The lowest BCUT2D eigenvalue weighted by Gasteiger charge is -2.30. The number of ether oxygens (including phenoxy) is 1. The molecule has 1 fully saturated rings. The Hall–Kier alpha value is -3.48. The van der Waals surface area contributed by atoms with Crippen LogP contribution >= 0.6 is 11.3 Å². The number of nitrogens with zero attached hydrogens (tertiary/aromatic N) is 3. The molecular weight excluding hydrogens is 466 g/mol. The molecule has 0 N–H and O–H groups in total. The van der Waals surface area contributed by atoms with Gasteiger partial charge in [-0.3, -0.25) is 4.79 Å². The second kappa shape index (κ2) is 11.5. The predicted molar refractivity (Wildman–Crippen MR) is 150 cm³/mol. The van der Waals surface area contributed by atoms with Crippen molar-refractivity contribution in [2.24, 2.45) is 4.99 Å². The number of aliphatic imine (C=N–C) groups is 1. The monoisotopic (exact) mass is 497 g/mol. The van der Waals surface area contributed by atoms with Gasteiger partial charge in [0.15, 0.2) is 5.78 Å². The number of morpholine rings is 1. The first-order valence-electron chi connectivity index (χ1n) is 12.6. The third-order valence-electron chi connectivity index (χ3n) is 6.42. The van der Waals surface area contributed by atoms with Gasteiger partial charge in [-0.2, -0.15) is 0 Å². The first-order valence-corrected chi connectivity index (χ1v) is 13.4. The maximum atomic E-state index is 12.9. The van der Waals surface area contributed by atoms with E-state index in [2.05, 4.69) is 64.9 Å². The van der Waals surface area contributed by atoms with Crippen molar-refractivity contribution < 1.29 is 9.53 Å². The van der Waals surface area contributed by atoms with Crippen molar-refractivity contribution in [1.29, 1.82) is 0 Å². The lowest BCUT2D eigenvalue weighted by atomic mass is 10.1. The predicted octanol–water partition coefficient (Wildman–Crippen LogP) is 6.81. The average molecular weight is 498 g/mol. The van der Waals surface area contributed by atoms with Gasteiger partial charge in [0, 0.05) is 37.0 Å². The van der Waals surface area contributed by atoms with Crippen LogP contribution in [0.3, 0.4) is 0 Å². The summed E-state index contributed by atoms with van der Waals surface area (Å²) in [7, 11) is 0. The van der Waals surface area contributed by atoms with E-state index >= 15 is 0 Å². The van der Waals surface area contributed by atoms with Crippen LogP contribution in [-0.4, -0.2) is 47.4 Å². The molecule has 5 nitrogen and oxygen atoms in total. The molecule has 0 aliphatic carbocycles. The zero-order valence-electron chi connectivity index (χ0n) is 20.6. The molecule has 1 aliphatic heterocycles. The third-order valence-corrected chi connectivity index (χ3v) is 7.30. The minimum atomic E-state index is 0.0155. The molecule has 1 saturated heterocycles. The fourth-order valence-electron chi connectivity index (χ4n) is 4.64. The van der Waals surface area contributed by atoms with Crippen LogP contribution in [0.15, 0.2) is 83.2 Å². The van der Waals surface area contributed by atoms with E-state index in [4.69, 9.17) is 9.73 Å². The second-order valence-electron chi connectivity index (χ2n) is 8.88.